The Hall–Kier alpha value is -0.980. The summed E-state index contributed by atoms with van der Waals surface area (Å²) in [6.07, 6.45) is 2.52. The average molecular weight is 177 g/mol. The highest BCUT2D eigenvalue weighted by atomic mass is 14.9. The molecule has 0 aromatic heterocycles. The summed E-state index contributed by atoms with van der Waals surface area (Å²) < 4.78 is 0. The Morgan fingerprint density at radius 3 is 2.23 bits per heavy atom. The topological polar surface area (TPSA) is 12.0 Å². The van der Waals surface area contributed by atoms with Crippen molar-refractivity contribution in [1.29, 1.82) is 0 Å². The fourth-order valence-corrected chi connectivity index (χ4v) is 1.40. The minimum absolute atomic E-state index is 0.806. The van der Waals surface area contributed by atoms with Crippen LogP contribution < -0.4 is 5.32 Å². The lowest BCUT2D eigenvalue weighted by molar-refractivity contribution is 0.519. The minimum Gasteiger partial charge on any atom is -0.385 e. The van der Waals surface area contributed by atoms with E-state index in [0.717, 1.165) is 12.5 Å². The van der Waals surface area contributed by atoms with Gasteiger partial charge in [0.15, 0.2) is 0 Å². The number of nitrogens with one attached hydrogen (secondary N) is 1. The van der Waals surface area contributed by atoms with Gasteiger partial charge in [0.2, 0.25) is 0 Å². The van der Waals surface area contributed by atoms with Crippen LogP contribution in [0.15, 0.2) is 30.3 Å². The van der Waals surface area contributed by atoms with Gasteiger partial charge in [0.1, 0.15) is 0 Å². The van der Waals surface area contributed by atoms with E-state index in [9.17, 15) is 0 Å². The average Bonchev–Trinajstić information content (AvgIpc) is 2.21. The molecule has 0 amide bonds. The van der Waals surface area contributed by atoms with E-state index in [1.165, 1.54) is 18.5 Å². The summed E-state index contributed by atoms with van der Waals surface area (Å²) in [6.45, 7) is 5.60. The lowest BCUT2D eigenvalue weighted by Crippen LogP contribution is -2.12. The Morgan fingerprint density at radius 2 is 1.69 bits per heavy atom. The molecule has 1 aromatic rings. The molecule has 72 valence electrons. The number of rotatable bonds is 5. The molecule has 0 aliphatic carbocycles. The molecule has 0 aliphatic rings. The fraction of sp³-hybridized carbons (Fsp3) is 0.500. The molecule has 0 saturated carbocycles. The Labute approximate surface area is 81.2 Å². The molecule has 1 heteroatoms. The van der Waals surface area contributed by atoms with E-state index in [0.29, 0.717) is 0 Å². The van der Waals surface area contributed by atoms with Crippen molar-refractivity contribution in [3.63, 3.8) is 0 Å². The molecule has 1 rings (SSSR count). The molecular formula is C12H19N. The molecule has 0 unspecified atom stereocenters. The Bertz CT molecular complexity index is 214. The van der Waals surface area contributed by atoms with Gasteiger partial charge in [-0.2, -0.15) is 0 Å². The predicted molar refractivity (Wildman–Crippen MR) is 59.0 cm³/mol. The third-order valence-corrected chi connectivity index (χ3v) is 2.52. The number of para-hydroxylation sites is 1. The Morgan fingerprint density at radius 1 is 1.08 bits per heavy atom. The van der Waals surface area contributed by atoms with Crippen LogP contribution in [0.4, 0.5) is 5.69 Å². The van der Waals surface area contributed by atoms with Crippen molar-refractivity contribution in [1.82, 2.24) is 0 Å². The number of benzene rings is 1. The van der Waals surface area contributed by atoms with E-state index in [4.69, 9.17) is 0 Å². The van der Waals surface area contributed by atoms with Gasteiger partial charge in [0.25, 0.3) is 0 Å². The van der Waals surface area contributed by atoms with Crippen molar-refractivity contribution in [3.8, 4) is 0 Å². The van der Waals surface area contributed by atoms with Gasteiger partial charge in [-0.1, -0.05) is 44.9 Å². The van der Waals surface area contributed by atoms with Crippen LogP contribution >= 0.6 is 0 Å². The summed E-state index contributed by atoms with van der Waals surface area (Å²) in [7, 11) is 0. The number of anilines is 1. The first-order valence-corrected chi connectivity index (χ1v) is 5.15. The lowest BCUT2D eigenvalue weighted by Gasteiger charge is -2.13. The zero-order valence-corrected chi connectivity index (χ0v) is 8.59. The van der Waals surface area contributed by atoms with Gasteiger partial charge >= 0.3 is 0 Å². The summed E-state index contributed by atoms with van der Waals surface area (Å²) in [5, 5.41) is 3.45. The molecule has 0 atom stereocenters. The third-order valence-electron chi connectivity index (χ3n) is 2.52. The zero-order valence-electron chi connectivity index (χ0n) is 8.59. The molecule has 1 N–H and O–H groups in total. The third kappa shape index (κ3) is 3.49. The first-order valence-electron chi connectivity index (χ1n) is 5.15. The van der Waals surface area contributed by atoms with E-state index < -0.39 is 0 Å². The molecule has 1 aromatic carbocycles. The summed E-state index contributed by atoms with van der Waals surface area (Å²) in [5.74, 6) is 0.806. The summed E-state index contributed by atoms with van der Waals surface area (Å²) in [6, 6.07) is 10.4. The van der Waals surface area contributed by atoms with Crippen molar-refractivity contribution in [3.05, 3.63) is 30.3 Å². The second-order valence-electron chi connectivity index (χ2n) is 3.43. The van der Waals surface area contributed by atoms with E-state index in [1.807, 2.05) is 6.07 Å². The van der Waals surface area contributed by atoms with E-state index >= 15 is 0 Å². The summed E-state index contributed by atoms with van der Waals surface area (Å²) >= 11 is 0. The lowest BCUT2D eigenvalue weighted by atomic mass is 10.0. The Kier molecular flexibility index (Phi) is 4.37. The van der Waals surface area contributed by atoms with Crippen molar-refractivity contribution >= 4 is 5.69 Å². The molecule has 0 heterocycles. The van der Waals surface area contributed by atoms with Gasteiger partial charge in [0.05, 0.1) is 0 Å². The van der Waals surface area contributed by atoms with Crippen LogP contribution in [0.1, 0.15) is 26.7 Å². The van der Waals surface area contributed by atoms with Crippen LogP contribution in [0.25, 0.3) is 0 Å². The minimum atomic E-state index is 0.806. The highest BCUT2D eigenvalue weighted by Gasteiger charge is 2.01. The number of hydrogen-bond acceptors (Lipinski definition) is 1. The molecular weight excluding hydrogens is 158 g/mol. The zero-order chi connectivity index (χ0) is 9.52. The van der Waals surface area contributed by atoms with Gasteiger partial charge in [0, 0.05) is 12.2 Å². The maximum absolute atomic E-state index is 3.45. The molecule has 0 aliphatic heterocycles. The van der Waals surface area contributed by atoms with E-state index in [-0.39, 0.29) is 0 Å². The monoisotopic (exact) mass is 177 g/mol. The molecule has 0 radical (unpaired) electrons. The maximum atomic E-state index is 3.45. The van der Waals surface area contributed by atoms with Crippen LogP contribution in [0.2, 0.25) is 0 Å². The molecule has 0 bridgehead atoms. The molecule has 1 nitrogen and oxygen atoms in total. The second-order valence-corrected chi connectivity index (χ2v) is 3.43. The summed E-state index contributed by atoms with van der Waals surface area (Å²) in [5.41, 5.74) is 1.23. The van der Waals surface area contributed by atoms with Crippen LogP contribution in [-0.4, -0.2) is 6.54 Å². The molecule has 0 fully saturated rings. The van der Waals surface area contributed by atoms with Crippen molar-refractivity contribution in [2.24, 2.45) is 5.92 Å². The highest BCUT2D eigenvalue weighted by molar-refractivity contribution is 5.42. The standard InChI is InChI=1S/C12H19N/c1-3-11(4-2)10-13-12-8-6-5-7-9-12/h5-9,11,13H,3-4,10H2,1-2H3. The normalized spacial score (nSPS) is 10.4. The molecule has 0 saturated heterocycles. The van der Waals surface area contributed by atoms with Crippen LogP contribution in [0, 0.1) is 5.92 Å². The van der Waals surface area contributed by atoms with Gasteiger partial charge in [-0.15, -0.1) is 0 Å². The van der Waals surface area contributed by atoms with Crippen LogP contribution in [0.3, 0.4) is 0 Å². The van der Waals surface area contributed by atoms with Crippen LogP contribution in [0.5, 0.6) is 0 Å². The first kappa shape index (κ1) is 10.1. The predicted octanol–water partition coefficient (Wildman–Crippen LogP) is 3.53. The van der Waals surface area contributed by atoms with Gasteiger partial charge < -0.3 is 5.32 Å². The smallest absolute Gasteiger partial charge is 0.0340 e. The fourth-order valence-electron chi connectivity index (χ4n) is 1.40. The van der Waals surface area contributed by atoms with Gasteiger partial charge in [-0.25, -0.2) is 0 Å². The largest absolute Gasteiger partial charge is 0.385 e. The van der Waals surface area contributed by atoms with E-state index in [1.54, 1.807) is 0 Å². The molecule has 0 spiro atoms. The van der Waals surface area contributed by atoms with Crippen molar-refractivity contribution in [2.45, 2.75) is 26.7 Å². The second kappa shape index (κ2) is 5.63. The Balaban J connectivity index is 2.34. The van der Waals surface area contributed by atoms with Gasteiger partial charge in [-0.3, -0.25) is 0 Å². The maximum Gasteiger partial charge on any atom is 0.0340 e. The highest BCUT2D eigenvalue weighted by Crippen LogP contribution is 2.10. The van der Waals surface area contributed by atoms with Gasteiger partial charge in [-0.05, 0) is 18.1 Å². The first-order chi connectivity index (χ1) is 6.36. The number of hydrogen-bond donors (Lipinski definition) is 1. The van der Waals surface area contributed by atoms with Crippen molar-refractivity contribution in [2.75, 3.05) is 11.9 Å². The van der Waals surface area contributed by atoms with E-state index in [2.05, 4.69) is 43.4 Å². The molecule has 13 heavy (non-hydrogen) atoms. The quantitative estimate of drug-likeness (QED) is 0.725. The van der Waals surface area contributed by atoms with Crippen molar-refractivity contribution < 1.29 is 0 Å². The van der Waals surface area contributed by atoms with Crippen LogP contribution in [-0.2, 0) is 0 Å². The summed E-state index contributed by atoms with van der Waals surface area (Å²) in [4.78, 5) is 0. The SMILES string of the molecule is CCC(CC)CNc1ccccc1.